The molecule has 0 radical (unpaired) electrons. The Morgan fingerprint density at radius 2 is 1.71 bits per heavy atom. The van der Waals surface area contributed by atoms with E-state index in [0.717, 1.165) is 35.7 Å². The molecule has 3 heterocycles. The van der Waals surface area contributed by atoms with Gasteiger partial charge in [-0.1, -0.05) is 72.3 Å². The molecule has 1 saturated heterocycles. The van der Waals surface area contributed by atoms with Gasteiger partial charge >= 0.3 is 5.97 Å². The Bertz CT molecular complexity index is 1800. The summed E-state index contributed by atoms with van der Waals surface area (Å²) in [6.45, 7) is 0. The fourth-order valence-corrected chi connectivity index (χ4v) is 5.91. The second kappa shape index (κ2) is 10.6. The number of aryl methyl sites for hydroxylation is 2. The molecule has 0 amide bonds. The lowest BCUT2D eigenvalue weighted by atomic mass is 9.85. The number of ether oxygens (including phenoxy) is 2. The van der Waals surface area contributed by atoms with Crippen molar-refractivity contribution in [3.05, 3.63) is 119 Å². The first kappa shape index (κ1) is 26.7. The molecule has 1 aliphatic heterocycles. The maximum atomic E-state index is 14.8. The number of halogens is 2. The van der Waals surface area contributed by atoms with Gasteiger partial charge in [-0.05, 0) is 52.8 Å². The molecule has 1 fully saturated rings. The number of hydrogen-bond acceptors (Lipinski definition) is 7. The predicted molar refractivity (Wildman–Crippen MR) is 152 cm³/mol. The maximum absolute atomic E-state index is 14.8. The largest absolute Gasteiger partial charge is 0.451 e. The molecule has 42 heavy (non-hydrogen) atoms. The quantitative estimate of drug-likeness (QED) is 0.208. The first-order valence-corrected chi connectivity index (χ1v) is 13.9. The fraction of sp³-hybridized carbons (Fsp3) is 0.219. The van der Waals surface area contributed by atoms with Crippen molar-refractivity contribution in [3.8, 4) is 11.1 Å². The van der Waals surface area contributed by atoms with E-state index in [-0.39, 0.29) is 16.2 Å². The molecule has 8 nitrogen and oxygen atoms in total. The van der Waals surface area contributed by atoms with E-state index < -0.39 is 42.4 Å². The monoisotopic (exact) mass is 585 g/mol. The minimum absolute atomic E-state index is 0.0304. The van der Waals surface area contributed by atoms with Gasteiger partial charge in [-0.3, -0.25) is 0 Å². The number of fused-ring (bicyclic) bond motifs is 2. The summed E-state index contributed by atoms with van der Waals surface area (Å²) in [6.07, 6.45) is -2.33. The topological polar surface area (TPSA) is 107 Å². The van der Waals surface area contributed by atoms with Gasteiger partial charge in [-0.2, -0.15) is 0 Å². The number of hydrogen-bond donors (Lipinski definition) is 2. The highest BCUT2D eigenvalue weighted by Gasteiger charge is 2.49. The molecule has 5 aromatic rings. The molecule has 212 valence electrons. The number of aliphatic hydroxyl groups excluding tert-OH is 2. The summed E-state index contributed by atoms with van der Waals surface area (Å²) in [7, 11) is 0. The van der Waals surface area contributed by atoms with Gasteiger partial charge in [0, 0.05) is 6.20 Å². The summed E-state index contributed by atoms with van der Waals surface area (Å²) in [4.78, 5) is 21.4. The van der Waals surface area contributed by atoms with Crippen LogP contribution >= 0.6 is 11.6 Å². The zero-order valence-corrected chi connectivity index (χ0v) is 22.9. The van der Waals surface area contributed by atoms with Gasteiger partial charge in [0.2, 0.25) is 0 Å². The van der Waals surface area contributed by atoms with E-state index in [1.807, 2.05) is 60.7 Å². The fourth-order valence-electron chi connectivity index (χ4n) is 5.69. The SMILES string of the molecule is O=C(O[C@H](c1ccc2c(c1)CC2)[C@H]1O[C@@H](n2cc(F)c3c(Cl)ncnc32)[C@H](O)[C@@H]1O)c1ccc(-c2ccccc2)cc1. The van der Waals surface area contributed by atoms with Crippen molar-refractivity contribution in [1.82, 2.24) is 14.5 Å². The molecular formula is C32H25ClFN3O5. The molecule has 7 rings (SSSR count). The number of aliphatic hydroxyl groups is 2. The molecule has 2 aliphatic rings. The van der Waals surface area contributed by atoms with E-state index in [0.29, 0.717) is 11.1 Å². The normalized spacial score (nSPS) is 22.0. The molecule has 3 aromatic carbocycles. The molecule has 0 saturated carbocycles. The lowest BCUT2D eigenvalue weighted by Gasteiger charge is -2.28. The summed E-state index contributed by atoms with van der Waals surface area (Å²) >= 11 is 6.09. The van der Waals surface area contributed by atoms with Crippen molar-refractivity contribution in [1.29, 1.82) is 0 Å². The maximum Gasteiger partial charge on any atom is 0.338 e. The number of nitrogens with zero attached hydrogens (tertiary/aromatic N) is 3. The van der Waals surface area contributed by atoms with Gasteiger partial charge in [-0.25, -0.2) is 19.2 Å². The number of esters is 1. The third kappa shape index (κ3) is 4.55. The van der Waals surface area contributed by atoms with E-state index >= 15 is 0 Å². The highest BCUT2D eigenvalue weighted by Crippen LogP contribution is 2.41. The Kier molecular flexibility index (Phi) is 6.74. The number of carbonyl (C=O) groups excluding carboxylic acids is 1. The highest BCUT2D eigenvalue weighted by atomic mass is 35.5. The van der Waals surface area contributed by atoms with E-state index in [2.05, 4.69) is 9.97 Å². The third-order valence-corrected chi connectivity index (χ3v) is 8.34. The van der Waals surface area contributed by atoms with Crippen molar-refractivity contribution < 1.29 is 28.9 Å². The van der Waals surface area contributed by atoms with Crippen molar-refractivity contribution >= 4 is 28.6 Å². The number of carbonyl (C=O) groups is 1. The Balaban J connectivity index is 1.21. The summed E-state index contributed by atoms with van der Waals surface area (Å²) in [5.74, 6) is -1.32. The molecule has 2 aromatic heterocycles. The second-order valence-electron chi connectivity index (χ2n) is 10.5. The first-order chi connectivity index (χ1) is 20.4. The van der Waals surface area contributed by atoms with E-state index in [1.165, 1.54) is 16.5 Å². The Morgan fingerprint density at radius 1 is 0.976 bits per heavy atom. The van der Waals surface area contributed by atoms with Crippen LogP contribution in [0.1, 0.15) is 39.4 Å². The van der Waals surface area contributed by atoms with Crippen LogP contribution in [0.4, 0.5) is 4.39 Å². The number of benzene rings is 3. The molecule has 0 spiro atoms. The van der Waals surface area contributed by atoms with Gasteiger partial charge < -0.3 is 24.3 Å². The van der Waals surface area contributed by atoms with Gasteiger partial charge in [0.1, 0.15) is 35.4 Å². The van der Waals surface area contributed by atoms with Crippen LogP contribution in [0.2, 0.25) is 5.15 Å². The van der Waals surface area contributed by atoms with Crippen molar-refractivity contribution in [2.75, 3.05) is 0 Å². The highest BCUT2D eigenvalue weighted by molar-refractivity contribution is 6.34. The van der Waals surface area contributed by atoms with Gasteiger partial charge in [-0.15, -0.1) is 0 Å². The molecule has 0 bridgehead atoms. The van der Waals surface area contributed by atoms with Crippen molar-refractivity contribution in [2.24, 2.45) is 0 Å². The molecule has 10 heteroatoms. The van der Waals surface area contributed by atoms with Gasteiger partial charge in [0.25, 0.3) is 0 Å². The Morgan fingerprint density at radius 3 is 2.43 bits per heavy atom. The van der Waals surface area contributed by atoms with E-state index in [1.54, 1.807) is 12.1 Å². The average molecular weight is 586 g/mol. The van der Waals surface area contributed by atoms with E-state index in [4.69, 9.17) is 21.1 Å². The summed E-state index contributed by atoms with van der Waals surface area (Å²) in [5.41, 5.74) is 5.32. The standard InChI is InChI=1S/C32H25ClFN3O5/c33-29-24-23(34)15-37(30(24)36-16-35-29)31-26(39)25(38)28(41-31)27(22-13-9-19-8-12-21(19)14-22)42-32(40)20-10-6-18(7-11-20)17-4-2-1-3-5-17/h1-7,9-11,13-16,25-28,31,38-39H,8,12H2/t25-,26+,27+,28-,31+/m0/s1. The first-order valence-electron chi connectivity index (χ1n) is 13.6. The summed E-state index contributed by atoms with van der Waals surface area (Å²) in [6, 6.07) is 22.6. The number of rotatable bonds is 6. The zero-order valence-electron chi connectivity index (χ0n) is 22.1. The van der Waals surface area contributed by atoms with Gasteiger partial charge in [0.15, 0.2) is 18.1 Å². The van der Waals surface area contributed by atoms with Crippen LogP contribution in [-0.4, -0.2) is 49.0 Å². The second-order valence-corrected chi connectivity index (χ2v) is 10.9. The Labute approximate surface area is 244 Å². The smallest absolute Gasteiger partial charge is 0.338 e. The van der Waals surface area contributed by atoms with Crippen LogP contribution in [0, 0.1) is 5.82 Å². The molecule has 5 atom stereocenters. The summed E-state index contributed by atoms with van der Waals surface area (Å²) < 4.78 is 28.3. The molecule has 1 aliphatic carbocycles. The zero-order chi connectivity index (χ0) is 29.0. The average Bonchev–Trinajstić information content (AvgIpc) is 3.49. The van der Waals surface area contributed by atoms with Crippen LogP contribution in [0.15, 0.2) is 85.3 Å². The van der Waals surface area contributed by atoms with Crippen LogP contribution in [0.25, 0.3) is 22.2 Å². The van der Waals surface area contributed by atoms with Crippen LogP contribution < -0.4 is 0 Å². The minimum Gasteiger partial charge on any atom is -0.451 e. The molecule has 0 unspecified atom stereocenters. The van der Waals surface area contributed by atoms with Crippen molar-refractivity contribution in [2.45, 2.75) is 43.5 Å². The predicted octanol–water partition coefficient (Wildman–Crippen LogP) is 5.21. The lowest BCUT2D eigenvalue weighted by Crippen LogP contribution is -2.36. The van der Waals surface area contributed by atoms with Crippen LogP contribution in [-0.2, 0) is 22.3 Å². The summed E-state index contributed by atoms with van der Waals surface area (Å²) in [5, 5.41) is 22.2. The lowest BCUT2D eigenvalue weighted by molar-refractivity contribution is -0.0917. The van der Waals surface area contributed by atoms with Crippen LogP contribution in [0.5, 0.6) is 0 Å². The van der Waals surface area contributed by atoms with Crippen molar-refractivity contribution in [3.63, 3.8) is 0 Å². The minimum atomic E-state index is -1.49. The molecule has 2 N–H and O–H groups in total. The van der Waals surface area contributed by atoms with Crippen LogP contribution in [0.3, 0.4) is 0 Å². The third-order valence-electron chi connectivity index (χ3n) is 8.05. The number of aromatic nitrogens is 3. The van der Waals surface area contributed by atoms with Gasteiger partial charge in [0.05, 0.1) is 10.9 Å². The molecular weight excluding hydrogens is 561 g/mol. The Hall–Kier alpha value is -4.15. The van der Waals surface area contributed by atoms with E-state index in [9.17, 15) is 19.4 Å².